The largest absolute Gasteiger partial charge is 0.444 e. The Morgan fingerprint density at radius 1 is 1.32 bits per heavy atom. The minimum atomic E-state index is -0.429. The van der Waals surface area contributed by atoms with E-state index in [9.17, 15) is 4.79 Å². The van der Waals surface area contributed by atoms with Crippen LogP contribution in [0.4, 0.5) is 4.79 Å². The standard InChI is InChI=1S/C15H27NO3/c1-5-12-10-16(14(17)19-15(2,3)4)9-8-13(18-12)11-6-7-11/h11-13H,5-10H2,1-4H3/t12-,13?/m0/s1. The maximum atomic E-state index is 12.2. The molecule has 1 amide bonds. The summed E-state index contributed by atoms with van der Waals surface area (Å²) in [6.07, 6.45) is 4.76. The van der Waals surface area contributed by atoms with E-state index in [0.29, 0.717) is 12.6 Å². The number of hydrogen-bond donors (Lipinski definition) is 0. The number of nitrogens with zero attached hydrogens (tertiary/aromatic N) is 1. The lowest BCUT2D eigenvalue weighted by atomic mass is 10.1. The Kier molecular flexibility index (Phi) is 4.39. The molecule has 1 aliphatic carbocycles. The summed E-state index contributed by atoms with van der Waals surface area (Å²) in [5.41, 5.74) is -0.429. The van der Waals surface area contributed by atoms with Crippen LogP contribution in [-0.2, 0) is 9.47 Å². The van der Waals surface area contributed by atoms with E-state index in [1.54, 1.807) is 0 Å². The number of carbonyl (C=O) groups is 1. The van der Waals surface area contributed by atoms with Crippen molar-refractivity contribution >= 4 is 6.09 Å². The van der Waals surface area contributed by atoms with E-state index in [1.807, 2.05) is 25.7 Å². The first-order valence-electron chi connectivity index (χ1n) is 7.52. The van der Waals surface area contributed by atoms with Crippen LogP contribution >= 0.6 is 0 Å². The highest BCUT2D eigenvalue weighted by Gasteiger charge is 2.37. The Morgan fingerprint density at radius 3 is 2.53 bits per heavy atom. The van der Waals surface area contributed by atoms with Crippen LogP contribution in [0, 0.1) is 5.92 Å². The molecule has 0 bridgehead atoms. The van der Waals surface area contributed by atoms with Gasteiger partial charge in [0.25, 0.3) is 0 Å². The predicted octanol–water partition coefficient (Wildman–Crippen LogP) is 3.20. The molecule has 0 radical (unpaired) electrons. The third kappa shape index (κ3) is 4.37. The van der Waals surface area contributed by atoms with Crippen LogP contribution in [0.2, 0.25) is 0 Å². The molecule has 0 spiro atoms. The fourth-order valence-electron chi connectivity index (χ4n) is 2.51. The summed E-state index contributed by atoms with van der Waals surface area (Å²) in [6, 6.07) is 0. The monoisotopic (exact) mass is 269 g/mol. The fourth-order valence-corrected chi connectivity index (χ4v) is 2.51. The first kappa shape index (κ1) is 14.6. The molecule has 2 atom stereocenters. The van der Waals surface area contributed by atoms with Crippen LogP contribution in [-0.4, -0.2) is 41.9 Å². The van der Waals surface area contributed by atoms with Crippen molar-refractivity contribution in [1.29, 1.82) is 0 Å². The van der Waals surface area contributed by atoms with Crippen LogP contribution in [0.1, 0.15) is 53.4 Å². The molecule has 4 heteroatoms. The van der Waals surface area contributed by atoms with Crippen molar-refractivity contribution in [1.82, 2.24) is 4.90 Å². The predicted molar refractivity (Wildman–Crippen MR) is 74.1 cm³/mol. The normalized spacial score (nSPS) is 28.9. The van der Waals surface area contributed by atoms with E-state index in [0.717, 1.165) is 25.3 Å². The highest BCUT2D eigenvalue weighted by Crippen LogP contribution is 2.37. The minimum absolute atomic E-state index is 0.153. The SMILES string of the molecule is CC[C@H]1CN(C(=O)OC(C)(C)C)CCC(C2CC2)O1. The van der Waals surface area contributed by atoms with Gasteiger partial charge in [0, 0.05) is 6.54 Å². The van der Waals surface area contributed by atoms with Crippen molar-refractivity contribution in [3.63, 3.8) is 0 Å². The lowest BCUT2D eigenvalue weighted by molar-refractivity contribution is -0.0222. The first-order chi connectivity index (χ1) is 8.89. The molecule has 19 heavy (non-hydrogen) atoms. The number of rotatable bonds is 2. The van der Waals surface area contributed by atoms with Gasteiger partial charge in [0.05, 0.1) is 18.8 Å². The van der Waals surface area contributed by atoms with E-state index in [2.05, 4.69) is 6.92 Å². The Labute approximate surface area is 116 Å². The van der Waals surface area contributed by atoms with Crippen molar-refractivity contribution in [3.05, 3.63) is 0 Å². The minimum Gasteiger partial charge on any atom is -0.444 e. The van der Waals surface area contributed by atoms with Gasteiger partial charge in [0.15, 0.2) is 0 Å². The molecule has 0 aromatic carbocycles. The van der Waals surface area contributed by atoms with Gasteiger partial charge in [0.2, 0.25) is 0 Å². The topological polar surface area (TPSA) is 38.8 Å². The van der Waals surface area contributed by atoms with Gasteiger partial charge in [0.1, 0.15) is 5.60 Å². The Morgan fingerprint density at radius 2 is 2.00 bits per heavy atom. The molecule has 2 rings (SSSR count). The molecule has 0 aromatic heterocycles. The lowest BCUT2D eigenvalue weighted by Gasteiger charge is -2.27. The molecule has 1 unspecified atom stereocenters. The maximum Gasteiger partial charge on any atom is 0.410 e. The van der Waals surface area contributed by atoms with Gasteiger partial charge in [-0.05, 0) is 52.4 Å². The second kappa shape index (κ2) is 5.70. The average molecular weight is 269 g/mol. The van der Waals surface area contributed by atoms with Gasteiger partial charge < -0.3 is 14.4 Å². The van der Waals surface area contributed by atoms with Crippen LogP contribution in [0.5, 0.6) is 0 Å². The molecule has 0 N–H and O–H groups in total. The smallest absolute Gasteiger partial charge is 0.410 e. The molecule has 1 saturated heterocycles. The van der Waals surface area contributed by atoms with Crippen LogP contribution in [0.15, 0.2) is 0 Å². The number of ether oxygens (including phenoxy) is 2. The number of hydrogen-bond acceptors (Lipinski definition) is 3. The molecule has 4 nitrogen and oxygen atoms in total. The maximum absolute atomic E-state index is 12.2. The van der Waals surface area contributed by atoms with Crippen LogP contribution in [0.3, 0.4) is 0 Å². The third-order valence-electron chi connectivity index (χ3n) is 3.73. The zero-order valence-corrected chi connectivity index (χ0v) is 12.6. The molecule has 2 aliphatic rings. The Hall–Kier alpha value is -0.770. The molecule has 1 aliphatic heterocycles. The summed E-state index contributed by atoms with van der Waals surface area (Å²) >= 11 is 0. The van der Waals surface area contributed by atoms with E-state index >= 15 is 0 Å². The summed E-state index contributed by atoms with van der Waals surface area (Å²) in [5.74, 6) is 0.729. The van der Waals surface area contributed by atoms with Crippen molar-refractivity contribution < 1.29 is 14.3 Å². The van der Waals surface area contributed by atoms with E-state index in [-0.39, 0.29) is 12.2 Å². The molecule has 1 saturated carbocycles. The Balaban J connectivity index is 1.95. The summed E-state index contributed by atoms with van der Waals surface area (Å²) < 4.78 is 11.6. The molecule has 110 valence electrons. The van der Waals surface area contributed by atoms with Gasteiger partial charge in [-0.3, -0.25) is 0 Å². The highest BCUT2D eigenvalue weighted by atomic mass is 16.6. The van der Waals surface area contributed by atoms with Crippen molar-refractivity contribution in [3.8, 4) is 0 Å². The lowest BCUT2D eigenvalue weighted by Crippen LogP contribution is -2.40. The third-order valence-corrected chi connectivity index (χ3v) is 3.73. The zero-order valence-electron chi connectivity index (χ0n) is 12.6. The quantitative estimate of drug-likeness (QED) is 0.772. The van der Waals surface area contributed by atoms with E-state index in [4.69, 9.17) is 9.47 Å². The Bertz CT molecular complexity index is 320. The van der Waals surface area contributed by atoms with Gasteiger partial charge in [-0.2, -0.15) is 0 Å². The number of amides is 1. The van der Waals surface area contributed by atoms with Gasteiger partial charge in [-0.15, -0.1) is 0 Å². The summed E-state index contributed by atoms with van der Waals surface area (Å²) in [7, 11) is 0. The molecule has 2 fully saturated rings. The van der Waals surface area contributed by atoms with Crippen molar-refractivity contribution in [2.45, 2.75) is 71.2 Å². The second-order valence-electron chi connectivity index (χ2n) is 6.76. The van der Waals surface area contributed by atoms with E-state index in [1.165, 1.54) is 12.8 Å². The van der Waals surface area contributed by atoms with Crippen molar-refractivity contribution in [2.24, 2.45) is 5.92 Å². The summed E-state index contributed by atoms with van der Waals surface area (Å²) in [5, 5.41) is 0. The second-order valence-corrected chi connectivity index (χ2v) is 6.76. The summed E-state index contributed by atoms with van der Waals surface area (Å²) in [6.45, 7) is 9.25. The highest BCUT2D eigenvalue weighted by molar-refractivity contribution is 5.68. The zero-order chi connectivity index (χ0) is 14.0. The van der Waals surface area contributed by atoms with Gasteiger partial charge >= 0.3 is 6.09 Å². The van der Waals surface area contributed by atoms with Crippen LogP contribution in [0.25, 0.3) is 0 Å². The molecular formula is C15H27NO3. The first-order valence-corrected chi connectivity index (χ1v) is 7.52. The van der Waals surface area contributed by atoms with Crippen LogP contribution < -0.4 is 0 Å². The average Bonchev–Trinajstić information content (AvgIpc) is 3.12. The molecule has 0 aromatic rings. The van der Waals surface area contributed by atoms with E-state index < -0.39 is 5.60 Å². The van der Waals surface area contributed by atoms with Gasteiger partial charge in [-0.1, -0.05) is 6.92 Å². The van der Waals surface area contributed by atoms with Crippen molar-refractivity contribution in [2.75, 3.05) is 13.1 Å². The number of carbonyl (C=O) groups excluding carboxylic acids is 1. The molecule has 1 heterocycles. The summed E-state index contributed by atoms with van der Waals surface area (Å²) in [4.78, 5) is 14.0. The fraction of sp³-hybridized carbons (Fsp3) is 0.933. The molecular weight excluding hydrogens is 242 g/mol. The van der Waals surface area contributed by atoms with Gasteiger partial charge in [-0.25, -0.2) is 4.79 Å².